The van der Waals surface area contributed by atoms with Gasteiger partial charge in [0.05, 0.1) is 6.17 Å². The summed E-state index contributed by atoms with van der Waals surface area (Å²) in [6.07, 6.45) is 8.60. The summed E-state index contributed by atoms with van der Waals surface area (Å²) in [6.45, 7) is 7.26. The molecule has 0 bridgehead atoms. The third-order valence-corrected chi connectivity index (χ3v) is 6.20. The molecule has 0 heterocycles. The maximum Gasteiger partial charge on any atom is 0.355 e. The maximum absolute atomic E-state index is 11.2. The van der Waals surface area contributed by atoms with Crippen LogP contribution in [0.25, 0.3) is 0 Å². The lowest BCUT2D eigenvalue weighted by atomic mass is 9.95. The SMILES string of the molecule is CCO[Si](C)(CN([C]=O)C1CCCCC1)OCC. The Hall–Kier alpha value is -0.393. The highest BCUT2D eigenvalue weighted by molar-refractivity contribution is 6.66. The summed E-state index contributed by atoms with van der Waals surface area (Å²) in [5, 5.41) is 0. The van der Waals surface area contributed by atoms with Gasteiger partial charge in [-0.3, -0.25) is 4.79 Å². The molecule has 0 spiro atoms. The Morgan fingerprint density at radius 3 is 2.17 bits per heavy atom. The summed E-state index contributed by atoms with van der Waals surface area (Å²) in [5.41, 5.74) is 0. The zero-order valence-corrected chi connectivity index (χ0v) is 12.9. The Balaban J connectivity index is 2.60. The van der Waals surface area contributed by atoms with Crippen LogP contribution >= 0.6 is 0 Å². The van der Waals surface area contributed by atoms with Crippen molar-refractivity contribution in [2.24, 2.45) is 0 Å². The molecule has 0 unspecified atom stereocenters. The van der Waals surface area contributed by atoms with Crippen LogP contribution in [0.4, 0.5) is 0 Å². The number of hydrogen-bond acceptors (Lipinski definition) is 3. The third-order valence-electron chi connectivity index (χ3n) is 3.49. The van der Waals surface area contributed by atoms with Gasteiger partial charge in [-0.05, 0) is 33.2 Å². The average Bonchev–Trinajstić information content (AvgIpc) is 2.38. The Bertz CT molecular complexity index is 238. The van der Waals surface area contributed by atoms with Gasteiger partial charge in [0, 0.05) is 19.3 Å². The Kier molecular flexibility index (Phi) is 6.89. The number of rotatable bonds is 8. The molecule has 18 heavy (non-hydrogen) atoms. The Morgan fingerprint density at radius 1 is 1.17 bits per heavy atom. The molecule has 0 atom stereocenters. The van der Waals surface area contributed by atoms with Crippen molar-refractivity contribution in [3.05, 3.63) is 0 Å². The van der Waals surface area contributed by atoms with Crippen molar-refractivity contribution in [2.75, 3.05) is 19.4 Å². The van der Waals surface area contributed by atoms with E-state index in [0.29, 0.717) is 25.4 Å². The summed E-state index contributed by atoms with van der Waals surface area (Å²) in [7, 11) is -2.25. The molecule has 1 aliphatic carbocycles. The standard InChI is InChI=1S/C13H26NO3Si/c1-4-16-18(3,17-5-2)12-14(11-15)13-9-7-6-8-10-13/h13H,4-10,12H2,1-3H3. The van der Waals surface area contributed by atoms with Crippen LogP contribution < -0.4 is 0 Å². The van der Waals surface area contributed by atoms with Gasteiger partial charge in [0.2, 0.25) is 0 Å². The molecular weight excluding hydrogens is 246 g/mol. The minimum Gasteiger partial charge on any atom is -0.394 e. The molecule has 0 aromatic carbocycles. The van der Waals surface area contributed by atoms with E-state index in [2.05, 4.69) is 6.41 Å². The van der Waals surface area contributed by atoms with Crippen molar-refractivity contribution in [1.82, 2.24) is 4.90 Å². The van der Waals surface area contributed by atoms with Gasteiger partial charge in [0.1, 0.15) is 0 Å². The smallest absolute Gasteiger partial charge is 0.355 e. The van der Waals surface area contributed by atoms with E-state index in [1.54, 1.807) is 4.90 Å². The number of nitrogens with zero attached hydrogens (tertiary/aromatic N) is 1. The first-order chi connectivity index (χ1) is 8.65. The normalized spacial score (nSPS) is 17.7. The fourth-order valence-corrected chi connectivity index (χ4v) is 5.11. The molecule has 1 radical (unpaired) electrons. The first kappa shape index (κ1) is 15.7. The lowest BCUT2D eigenvalue weighted by Crippen LogP contribution is -2.53. The van der Waals surface area contributed by atoms with Crippen LogP contribution in [0.3, 0.4) is 0 Å². The Labute approximate surface area is 112 Å². The molecule has 0 aliphatic heterocycles. The summed E-state index contributed by atoms with van der Waals surface area (Å²) >= 11 is 0. The zero-order chi connectivity index (χ0) is 13.4. The first-order valence-electron chi connectivity index (χ1n) is 7.07. The molecule has 5 heteroatoms. The molecular formula is C13H26NO3Si. The molecule has 1 fully saturated rings. The summed E-state index contributed by atoms with van der Waals surface area (Å²) < 4.78 is 11.6. The van der Waals surface area contributed by atoms with Gasteiger partial charge < -0.3 is 13.8 Å². The van der Waals surface area contributed by atoms with E-state index < -0.39 is 8.56 Å². The summed E-state index contributed by atoms with van der Waals surface area (Å²) in [5.74, 6) is 0. The van der Waals surface area contributed by atoms with E-state index >= 15 is 0 Å². The number of hydrogen-bond donors (Lipinski definition) is 0. The van der Waals surface area contributed by atoms with Crippen molar-refractivity contribution >= 4 is 15.0 Å². The van der Waals surface area contributed by atoms with Crippen molar-refractivity contribution in [2.45, 2.75) is 58.5 Å². The predicted molar refractivity (Wildman–Crippen MR) is 74.1 cm³/mol. The van der Waals surface area contributed by atoms with Gasteiger partial charge in [0.25, 0.3) is 0 Å². The second-order valence-corrected chi connectivity index (χ2v) is 8.17. The van der Waals surface area contributed by atoms with Gasteiger partial charge in [-0.1, -0.05) is 19.3 Å². The Morgan fingerprint density at radius 2 is 1.72 bits per heavy atom. The number of carbonyl (C=O) groups excluding carboxylic acids is 1. The van der Waals surface area contributed by atoms with Crippen LogP contribution in [0.5, 0.6) is 0 Å². The lowest BCUT2D eigenvalue weighted by molar-refractivity contribution is 0.162. The van der Waals surface area contributed by atoms with Crippen LogP contribution in [-0.4, -0.2) is 45.3 Å². The molecule has 105 valence electrons. The molecule has 1 saturated carbocycles. The quantitative estimate of drug-likeness (QED) is 0.503. The van der Waals surface area contributed by atoms with Crippen LogP contribution in [0.15, 0.2) is 0 Å². The summed E-state index contributed by atoms with van der Waals surface area (Å²) in [6, 6.07) is 0.337. The second-order valence-electron chi connectivity index (χ2n) is 5.01. The minimum atomic E-state index is -2.25. The van der Waals surface area contributed by atoms with Crippen molar-refractivity contribution in [3.8, 4) is 0 Å². The molecule has 0 N–H and O–H groups in total. The van der Waals surface area contributed by atoms with E-state index in [-0.39, 0.29) is 0 Å². The van der Waals surface area contributed by atoms with Gasteiger partial charge in [-0.2, -0.15) is 0 Å². The van der Waals surface area contributed by atoms with Crippen molar-refractivity contribution in [3.63, 3.8) is 0 Å². The highest BCUT2D eigenvalue weighted by Gasteiger charge is 2.36. The monoisotopic (exact) mass is 272 g/mol. The minimum absolute atomic E-state index is 0.337. The van der Waals surface area contributed by atoms with Gasteiger partial charge in [-0.15, -0.1) is 0 Å². The third kappa shape index (κ3) is 4.70. The molecule has 4 nitrogen and oxygen atoms in total. The lowest BCUT2D eigenvalue weighted by Gasteiger charge is -2.36. The highest BCUT2D eigenvalue weighted by Crippen LogP contribution is 2.23. The maximum atomic E-state index is 11.2. The molecule has 0 aromatic rings. The van der Waals surface area contributed by atoms with Crippen molar-refractivity contribution in [1.29, 1.82) is 0 Å². The number of amides is 1. The predicted octanol–water partition coefficient (Wildman–Crippen LogP) is 2.37. The van der Waals surface area contributed by atoms with Gasteiger partial charge >= 0.3 is 15.0 Å². The first-order valence-corrected chi connectivity index (χ1v) is 9.60. The molecule has 0 aromatic heterocycles. The van der Waals surface area contributed by atoms with E-state index in [0.717, 1.165) is 12.8 Å². The highest BCUT2D eigenvalue weighted by atomic mass is 28.4. The fourth-order valence-electron chi connectivity index (χ4n) is 2.68. The van der Waals surface area contributed by atoms with Crippen LogP contribution in [0.2, 0.25) is 6.55 Å². The molecule has 1 amide bonds. The fraction of sp³-hybridized carbons (Fsp3) is 0.923. The van der Waals surface area contributed by atoms with E-state index in [1.807, 2.05) is 20.4 Å². The van der Waals surface area contributed by atoms with Crippen LogP contribution in [-0.2, 0) is 13.6 Å². The summed E-state index contributed by atoms with van der Waals surface area (Å²) in [4.78, 5) is 13.0. The topological polar surface area (TPSA) is 38.8 Å². The molecule has 0 saturated heterocycles. The van der Waals surface area contributed by atoms with E-state index in [1.165, 1.54) is 19.3 Å². The van der Waals surface area contributed by atoms with Crippen LogP contribution in [0, 0.1) is 0 Å². The second kappa shape index (κ2) is 7.91. The van der Waals surface area contributed by atoms with E-state index in [9.17, 15) is 4.79 Å². The van der Waals surface area contributed by atoms with Crippen molar-refractivity contribution < 1.29 is 13.6 Å². The molecule has 1 aliphatic rings. The molecule has 1 rings (SSSR count). The zero-order valence-electron chi connectivity index (χ0n) is 11.9. The van der Waals surface area contributed by atoms with Gasteiger partial charge in [-0.25, -0.2) is 0 Å². The largest absolute Gasteiger partial charge is 0.394 e. The van der Waals surface area contributed by atoms with E-state index in [4.69, 9.17) is 8.85 Å². The average molecular weight is 272 g/mol. The van der Waals surface area contributed by atoms with Gasteiger partial charge in [0.15, 0.2) is 0 Å². The van der Waals surface area contributed by atoms with Crippen LogP contribution in [0.1, 0.15) is 46.0 Å².